The first-order valence-electron chi connectivity index (χ1n) is 9.64. The van der Waals surface area contributed by atoms with E-state index in [1.54, 1.807) is 18.2 Å². The molecule has 0 radical (unpaired) electrons. The van der Waals surface area contributed by atoms with Gasteiger partial charge in [0.05, 0.1) is 5.69 Å². The highest BCUT2D eigenvalue weighted by atomic mass is 16.5. The molecule has 2 aromatic carbocycles. The fourth-order valence-electron chi connectivity index (χ4n) is 3.05. The van der Waals surface area contributed by atoms with Crippen LogP contribution in [0.15, 0.2) is 42.5 Å². The Bertz CT molecular complexity index is 922. The lowest BCUT2D eigenvalue weighted by molar-refractivity contribution is -0.125. The SMILES string of the molecule is CCc1ccc(NC(=O)c2ccc3c(c2)N(CC(=O)NC(C)C)C(=O)CO3)cc1. The Morgan fingerprint density at radius 1 is 1.14 bits per heavy atom. The number of carbonyl (C=O) groups excluding carboxylic acids is 3. The van der Waals surface area contributed by atoms with Gasteiger partial charge in [-0.1, -0.05) is 19.1 Å². The summed E-state index contributed by atoms with van der Waals surface area (Å²) in [5.74, 6) is -0.441. The highest BCUT2D eigenvalue weighted by Crippen LogP contribution is 2.33. The maximum atomic E-state index is 12.7. The fourth-order valence-corrected chi connectivity index (χ4v) is 3.05. The molecule has 3 amide bonds. The van der Waals surface area contributed by atoms with Gasteiger partial charge in [0.1, 0.15) is 12.3 Å². The monoisotopic (exact) mass is 395 g/mol. The molecule has 0 atom stereocenters. The summed E-state index contributed by atoms with van der Waals surface area (Å²) in [6.45, 7) is 5.50. The molecular weight excluding hydrogens is 370 g/mol. The first-order chi connectivity index (χ1) is 13.9. The van der Waals surface area contributed by atoms with E-state index in [2.05, 4.69) is 17.6 Å². The number of anilines is 2. The molecule has 7 heteroatoms. The van der Waals surface area contributed by atoms with Crippen molar-refractivity contribution in [2.45, 2.75) is 33.2 Å². The van der Waals surface area contributed by atoms with E-state index in [9.17, 15) is 14.4 Å². The summed E-state index contributed by atoms with van der Waals surface area (Å²) in [6, 6.07) is 12.4. The molecule has 2 N–H and O–H groups in total. The van der Waals surface area contributed by atoms with Gasteiger partial charge >= 0.3 is 0 Å². The first kappa shape index (κ1) is 20.4. The molecule has 1 heterocycles. The molecule has 7 nitrogen and oxygen atoms in total. The topological polar surface area (TPSA) is 87.7 Å². The average molecular weight is 395 g/mol. The van der Waals surface area contributed by atoms with Crippen molar-refractivity contribution in [2.24, 2.45) is 0 Å². The van der Waals surface area contributed by atoms with E-state index >= 15 is 0 Å². The Kier molecular flexibility index (Phi) is 6.16. The number of hydrogen-bond acceptors (Lipinski definition) is 4. The molecule has 152 valence electrons. The maximum absolute atomic E-state index is 12.7. The van der Waals surface area contributed by atoms with Crippen molar-refractivity contribution in [1.82, 2.24) is 5.32 Å². The van der Waals surface area contributed by atoms with E-state index in [1.165, 1.54) is 10.5 Å². The van der Waals surface area contributed by atoms with Crippen molar-refractivity contribution >= 4 is 29.1 Å². The van der Waals surface area contributed by atoms with Crippen molar-refractivity contribution < 1.29 is 19.1 Å². The summed E-state index contributed by atoms with van der Waals surface area (Å²) in [4.78, 5) is 38.5. The number of nitrogens with zero attached hydrogens (tertiary/aromatic N) is 1. The number of carbonyl (C=O) groups is 3. The smallest absolute Gasteiger partial charge is 0.265 e. The third kappa shape index (κ3) is 4.93. The predicted octanol–water partition coefficient (Wildman–Crippen LogP) is 2.75. The van der Waals surface area contributed by atoms with E-state index < -0.39 is 0 Å². The van der Waals surface area contributed by atoms with Crippen LogP contribution < -0.4 is 20.3 Å². The predicted molar refractivity (Wildman–Crippen MR) is 111 cm³/mol. The summed E-state index contributed by atoms with van der Waals surface area (Å²) < 4.78 is 5.45. The first-order valence-corrected chi connectivity index (χ1v) is 9.64. The van der Waals surface area contributed by atoms with Gasteiger partial charge in [0.2, 0.25) is 5.91 Å². The van der Waals surface area contributed by atoms with Gasteiger partial charge in [-0.3, -0.25) is 19.3 Å². The van der Waals surface area contributed by atoms with Gasteiger partial charge in [-0.2, -0.15) is 0 Å². The Labute approximate surface area is 170 Å². The molecular formula is C22H25N3O4. The summed E-state index contributed by atoms with van der Waals surface area (Å²) in [7, 11) is 0. The van der Waals surface area contributed by atoms with Crippen LogP contribution in [0.25, 0.3) is 0 Å². The number of hydrogen-bond donors (Lipinski definition) is 2. The van der Waals surface area contributed by atoms with E-state index in [1.807, 2.05) is 38.1 Å². The van der Waals surface area contributed by atoms with Crippen LogP contribution in [-0.2, 0) is 16.0 Å². The quantitative estimate of drug-likeness (QED) is 0.787. The van der Waals surface area contributed by atoms with Crippen LogP contribution >= 0.6 is 0 Å². The Morgan fingerprint density at radius 2 is 1.86 bits per heavy atom. The van der Waals surface area contributed by atoms with E-state index in [0.29, 0.717) is 22.7 Å². The molecule has 0 unspecified atom stereocenters. The average Bonchev–Trinajstić information content (AvgIpc) is 2.69. The van der Waals surface area contributed by atoms with Gasteiger partial charge in [-0.15, -0.1) is 0 Å². The zero-order valence-corrected chi connectivity index (χ0v) is 16.8. The van der Waals surface area contributed by atoms with Crippen LogP contribution in [-0.4, -0.2) is 36.9 Å². The second-order valence-electron chi connectivity index (χ2n) is 7.18. The molecule has 2 aromatic rings. The summed E-state index contributed by atoms with van der Waals surface area (Å²) >= 11 is 0. The molecule has 0 aromatic heterocycles. The van der Waals surface area contributed by atoms with Crippen LogP contribution in [0.5, 0.6) is 5.75 Å². The number of aryl methyl sites for hydroxylation is 1. The van der Waals surface area contributed by atoms with E-state index in [0.717, 1.165) is 6.42 Å². The molecule has 0 saturated heterocycles. The van der Waals surface area contributed by atoms with Crippen LogP contribution in [0, 0.1) is 0 Å². The zero-order valence-electron chi connectivity index (χ0n) is 16.8. The lowest BCUT2D eigenvalue weighted by Gasteiger charge is -2.29. The minimum Gasteiger partial charge on any atom is -0.482 e. The molecule has 0 bridgehead atoms. The van der Waals surface area contributed by atoms with Crippen LogP contribution in [0.2, 0.25) is 0 Å². The van der Waals surface area contributed by atoms with Crippen molar-refractivity contribution in [3.05, 3.63) is 53.6 Å². The van der Waals surface area contributed by atoms with Gasteiger partial charge in [-0.25, -0.2) is 0 Å². The lowest BCUT2D eigenvalue weighted by atomic mass is 10.1. The zero-order chi connectivity index (χ0) is 21.0. The van der Waals surface area contributed by atoms with Gasteiger partial charge < -0.3 is 15.4 Å². The van der Waals surface area contributed by atoms with Gasteiger partial charge in [0, 0.05) is 17.3 Å². The van der Waals surface area contributed by atoms with Crippen LogP contribution in [0.4, 0.5) is 11.4 Å². The summed E-state index contributed by atoms with van der Waals surface area (Å²) in [5, 5.41) is 5.61. The second-order valence-corrected chi connectivity index (χ2v) is 7.18. The molecule has 1 aliphatic rings. The number of benzene rings is 2. The van der Waals surface area contributed by atoms with Gasteiger partial charge in [0.25, 0.3) is 11.8 Å². The summed E-state index contributed by atoms with van der Waals surface area (Å²) in [5.41, 5.74) is 2.65. The number of nitrogens with one attached hydrogen (secondary N) is 2. The Hall–Kier alpha value is -3.35. The standard InChI is InChI=1S/C22H25N3O4/c1-4-15-5-8-17(9-6-15)24-22(28)16-7-10-19-18(11-16)25(21(27)13-29-19)12-20(26)23-14(2)3/h5-11,14H,4,12-13H2,1-3H3,(H,23,26)(H,24,28). The molecule has 0 fully saturated rings. The van der Waals surface area contributed by atoms with Crippen molar-refractivity contribution in [2.75, 3.05) is 23.4 Å². The second kappa shape index (κ2) is 8.77. The van der Waals surface area contributed by atoms with Gasteiger partial charge in [0.15, 0.2) is 6.61 Å². The molecule has 3 rings (SSSR count). The molecule has 1 aliphatic heterocycles. The normalized spacial score (nSPS) is 13.0. The highest BCUT2D eigenvalue weighted by Gasteiger charge is 2.28. The minimum atomic E-state index is -0.330. The van der Waals surface area contributed by atoms with Crippen molar-refractivity contribution in [3.63, 3.8) is 0 Å². The molecule has 29 heavy (non-hydrogen) atoms. The minimum absolute atomic E-state index is 0.0330. The van der Waals surface area contributed by atoms with Crippen LogP contribution in [0.1, 0.15) is 36.7 Å². The van der Waals surface area contributed by atoms with Crippen LogP contribution in [0.3, 0.4) is 0 Å². The van der Waals surface area contributed by atoms with Crippen molar-refractivity contribution in [1.29, 1.82) is 0 Å². The third-order valence-electron chi connectivity index (χ3n) is 4.54. The number of fused-ring (bicyclic) bond motifs is 1. The number of amides is 3. The Balaban J connectivity index is 1.80. The number of ether oxygens (including phenoxy) is 1. The maximum Gasteiger partial charge on any atom is 0.265 e. The van der Waals surface area contributed by atoms with E-state index in [4.69, 9.17) is 4.74 Å². The molecule has 0 aliphatic carbocycles. The molecule has 0 saturated carbocycles. The Morgan fingerprint density at radius 3 is 2.52 bits per heavy atom. The fraction of sp³-hybridized carbons (Fsp3) is 0.318. The lowest BCUT2D eigenvalue weighted by Crippen LogP contribution is -2.46. The summed E-state index contributed by atoms with van der Waals surface area (Å²) in [6.07, 6.45) is 0.924. The van der Waals surface area contributed by atoms with E-state index in [-0.39, 0.29) is 36.9 Å². The van der Waals surface area contributed by atoms with Gasteiger partial charge in [-0.05, 0) is 56.2 Å². The highest BCUT2D eigenvalue weighted by molar-refractivity contribution is 6.07. The molecule has 0 spiro atoms. The third-order valence-corrected chi connectivity index (χ3v) is 4.54. The number of rotatable bonds is 6. The largest absolute Gasteiger partial charge is 0.482 e. The van der Waals surface area contributed by atoms with Crippen molar-refractivity contribution in [3.8, 4) is 5.75 Å².